The van der Waals surface area contributed by atoms with Crippen LogP contribution >= 0.6 is 0 Å². The van der Waals surface area contributed by atoms with Crippen LogP contribution in [0.15, 0.2) is 45.6 Å². The van der Waals surface area contributed by atoms with E-state index in [0.717, 1.165) is 32.1 Å². The Hall–Kier alpha value is -4.22. The summed E-state index contributed by atoms with van der Waals surface area (Å²) in [7, 11) is 0. The molecule has 4 N–H and O–H groups in total. The third-order valence-corrected chi connectivity index (χ3v) is 6.44. The van der Waals surface area contributed by atoms with Gasteiger partial charge in [-0.05, 0) is 42.5 Å². The SMILES string of the molecule is O=C(CC1(CC(=O)NCc2nc(-c3ccco3)n[nH]2)CCCCC1)NCc1nc(-c2ccco2)n[nH]1. The fourth-order valence-electron chi connectivity index (χ4n) is 4.67. The van der Waals surface area contributed by atoms with E-state index in [1.807, 2.05) is 0 Å². The van der Waals surface area contributed by atoms with Crippen molar-refractivity contribution in [2.24, 2.45) is 5.41 Å². The van der Waals surface area contributed by atoms with Crippen molar-refractivity contribution < 1.29 is 18.4 Å². The molecule has 2 amide bonds. The van der Waals surface area contributed by atoms with E-state index < -0.39 is 0 Å². The highest BCUT2D eigenvalue weighted by Gasteiger charge is 2.36. The minimum Gasteiger partial charge on any atom is -0.461 e. The summed E-state index contributed by atoms with van der Waals surface area (Å²) in [5, 5.41) is 19.7. The molecule has 12 nitrogen and oxygen atoms in total. The van der Waals surface area contributed by atoms with Gasteiger partial charge in [-0.1, -0.05) is 19.3 Å². The van der Waals surface area contributed by atoms with Crippen molar-refractivity contribution in [2.45, 2.75) is 58.0 Å². The fraction of sp³-hybridized carbons (Fsp3) is 0.417. The average molecular weight is 493 g/mol. The molecule has 1 aliphatic carbocycles. The first-order valence-electron chi connectivity index (χ1n) is 12.0. The van der Waals surface area contributed by atoms with Crippen LogP contribution in [0.1, 0.15) is 56.6 Å². The molecular weight excluding hydrogens is 464 g/mol. The van der Waals surface area contributed by atoms with E-state index in [9.17, 15) is 9.59 Å². The van der Waals surface area contributed by atoms with Gasteiger partial charge in [0.1, 0.15) is 11.6 Å². The van der Waals surface area contributed by atoms with Crippen LogP contribution in [-0.4, -0.2) is 42.2 Å². The lowest BCUT2D eigenvalue weighted by Crippen LogP contribution is -2.38. The largest absolute Gasteiger partial charge is 0.461 e. The van der Waals surface area contributed by atoms with Crippen LogP contribution in [0.5, 0.6) is 0 Å². The summed E-state index contributed by atoms with van der Waals surface area (Å²) < 4.78 is 10.6. The van der Waals surface area contributed by atoms with Crippen molar-refractivity contribution in [2.75, 3.05) is 0 Å². The summed E-state index contributed by atoms with van der Waals surface area (Å²) in [5.74, 6) is 2.83. The molecule has 0 atom stereocenters. The van der Waals surface area contributed by atoms with E-state index in [2.05, 4.69) is 41.0 Å². The van der Waals surface area contributed by atoms with E-state index in [-0.39, 0.29) is 43.2 Å². The molecule has 4 heterocycles. The number of hydrogen-bond donors (Lipinski definition) is 4. The minimum atomic E-state index is -0.367. The lowest BCUT2D eigenvalue weighted by molar-refractivity contribution is -0.128. The van der Waals surface area contributed by atoms with Crippen molar-refractivity contribution >= 4 is 11.8 Å². The molecule has 1 saturated carbocycles. The van der Waals surface area contributed by atoms with Crippen LogP contribution in [0.3, 0.4) is 0 Å². The van der Waals surface area contributed by atoms with Gasteiger partial charge in [0, 0.05) is 12.8 Å². The van der Waals surface area contributed by atoms with Gasteiger partial charge in [-0.3, -0.25) is 19.8 Å². The normalized spacial score (nSPS) is 15.0. The fourth-order valence-corrected chi connectivity index (χ4v) is 4.67. The molecule has 0 aliphatic heterocycles. The van der Waals surface area contributed by atoms with Gasteiger partial charge in [0.05, 0.1) is 25.6 Å². The van der Waals surface area contributed by atoms with E-state index in [1.54, 1.807) is 36.8 Å². The zero-order chi connectivity index (χ0) is 24.8. The number of aromatic amines is 2. The number of H-pyrrole nitrogens is 2. The van der Waals surface area contributed by atoms with Gasteiger partial charge in [-0.15, -0.1) is 10.2 Å². The maximum Gasteiger partial charge on any atom is 0.220 e. The number of amides is 2. The molecule has 0 saturated heterocycles. The predicted molar refractivity (Wildman–Crippen MR) is 127 cm³/mol. The molecular formula is C24H28N8O4. The monoisotopic (exact) mass is 492 g/mol. The van der Waals surface area contributed by atoms with Crippen molar-refractivity contribution in [1.29, 1.82) is 0 Å². The molecule has 0 spiro atoms. The number of carbonyl (C=O) groups excluding carboxylic acids is 2. The molecule has 0 radical (unpaired) electrons. The Morgan fingerprint density at radius 1 is 0.806 bits per heavy atom. The maximum absolute atomic E-state index is 12.8. The van der Waals surface area contributed by atoms with Crippen molar-refractivity contribution in [3.05, 3.63) is 48.4 Å². The second-order valence-electron chi connectivity index (χ2n) is 9.13. The van der Waals surface area contributed by atoms with Crippen molar-refractivity contribution in [3.63, 3.8) is 0 Å². The number of furan rings is 2. The van der Waals surface area contributed by atoms with Crippen molar-refractivity contribution in [3.8, 4) is 23.2 Å². The summed E-state index contributed by atoms with van der Waals surface area (Å²) in [5.41, 5.74) is -0.367. The number of rotatable bonds is 10. The van der Waals surface area contributed by atoms with Crippen LogP contribution in [0.2, 0.25) is 0 Å². The Balaban J connectivity index is 1.13. The molecule has 4 aromatic rings. The summed E-state index contributed by atoms with van der Waals surface area (Å²) in [6, 6.07) is 7.06. The topological polar surface area (TPSA) is 168 Å². The Morgan fingerprint density at radius 3 is 1.75 bits per heavy atom. The van der Waals surface area contributed by atoms with Crippen LogP contribution in [0.25, 0.3) is 23.2 Å². The smallest absolute Gasteiger partial charge is 0.220 e. The molecule has 188 valence electrons. The third kappa shape index (κ3) is 5.70. The first kappa shape index (κ1) is 23.5. The van der Waals surface area contributed by atoms with Crippen LogP contribution < -0.4 is 10.6 Å². The Labute approximate surface area is 206 Å². The lowest BCUT2D eigenvalue weighted by atomic mass is 9.69. The van der Waals surface area contributed by atoms with E-state index in [1.165, 1.54) is 0 Å². The van der Waals surface area contributed by atoms with E-state index in [0.29, 0.717) is 34.8 Å². The summed E-state index contributed by atoms with van der Waals surface area (Å²) in [6.07, 6.45) is 8.47. The zero-order valence-corrected chi connectivity index (χ0v) is 19.7. The number of nitrogens with zero attached hydrogens (tertiary/aromatic N) is 4. The standard InChI is InChI=1S/C24H28N8O4/c33-20(25-14-18-27-22(31-29-18)16-6-4-10-35-16)12-24(8-2-1-3-9-24)13-21(34)26-15-19-28-23(32-30-19)17-7-5-11-36-17/h4-7,10-11H,1-3,8-9,12-15H2,(H,25,33)(H,26,34)(H,27,29,31)(H,28,30,32). The molecule has 12 heteroatoms. The summed E-state index contributed by atoms with van der Waals surface area (Å²) in [4.78, 5) is 34.4. The molecule has 36 heavy (non-hydrogen) atoms. The number of aromatic nitrogens is 6. The summed E-state index contributed by atoms with van der Waals surface area (Å²) in [6.45, 7) is 0.441. The van der Waals surface area contributed by atoms with Crippen molar-refractivity contribution in [1.82, 2.24) is 41.0 Å². The Morgan fingerprint density at radius 2 is 1.31 bits per heavy atom. The molecule has 5 rings (SSSR count). The Bertz CT molecular complexity index is 1180. The van der Waals surface area contributed by atoms with Gasteiger partial charge in [-0.2, -0.15) is 0 Å². The van der Waals surface area contributed by atoms with Gasteiger partial charge in [-0.25, -0.2) is 9.97 Å². The number of nitrogens with one attached hydrogen (secondary N) is 4. The predicted octanol–water partition coefficient (Wildman–Crippen LogP) is 3.11. The van der Waals surface area contributed by atoms with Gasteiger partial charge in [0.2, 0.25) is 23.5 Å². The highest BCUT2D eigenvalue weighted by atomic mass is 16.3. The molecule has 4 aromatic heterocycles. The van der Waals surface area contributed by atoms with Crippen LogP contribution in [-0.2, 0) is 22.7 Å². The maximum atomic E-state index is 12.8. The molecule has 0 unspecified atom stereocenters. The molecule has 1 aliphatic rings. The highest BCUT2D eigenvalue weighted by molar-refractivity contribution is 5.80. The van der Waals surface area contributed by atoms with Gasteiger partial charge >= 0.3 is 0 Å². The molecule has 0 bridgehead atoms. The zero-order valence-electron chi connectivity index (χ0n) is 19.7. The quantitative estimate of drug-likeness (QED) is 0.262. The molecule has 1 fully saturated rings. The summed E-state index contributed by atoms with van der Waals surface area (Å²) >= 11 is 0. The second kappa shape index (κ2) is 10.6. The second-order valence-corrected chi connectivity index (χ2v) is 9.13. The van der Waals surface area contributed by atoms with Crippen LogP contribution in [0.4, 0.5) is 0 Å². The minimum absolute atomic E-state index is 0.112. The van der Waals surface area contributed by atoms with Gasteiger partial charge in [0.15, 0.2) is 11.5 Å². The molecule has 0 aromatic carbocycles. The lowest BCUT2D eigenvalue weighted by Gasteiger charge is -2.36. The highest BCUT2D eigenvalue weighted by Crippen LogP contribution is 2.42. The van der Waals surface area contributed by atoms with E-state index in [4.69, 9.17) is 8.83 Å². The average Bonchev–Trinajstić information content (AvgIpc) is 3.69. The van der Waals surface area contributed by atoms with Gasteiger partial charge in [0.25, 0.3) is 0 Å². The Kier molecular flexibility index (Phi) is 6.92. The van der Waals surface area contributed by atoms with Crippen LogP contribution in [0, 0.1) is 5.41 Å². The first-order valence-corrected chi connectivity index (χ1v) is 12.0. The van der Waals surface area contributed by atoms with Gasteiger partial charge < -0.3 is 19.5 Å². The first-order chi connectivity index (χ1) is 17.6. The van der Waals surface area contributed by atoms with E-state index >= 15 is 0 Å². The number of carbonyl (C=O) groups is 2. The number of hydrogen-bond acceptors (Lipinski definition) is 8. The third-order valence-electron chi connectivity index (χ3n) is 6.44.